The van der Waals surface area contributed by atoms with Crippen LogP contribution in [-0.4, -0.2) is 27.6 Å². The van der Waals surface area contributed by atoms with Crippen LogP contribution in [0.2, 0.25) is 0 Å². The minimum Gasteiger partial charge on any atom is -0.497 e. The molecule has 0 radical (unpaired) electrons. The molecule has 23 heavy (non-hydrogen) atoms. The van der Waals surface area contributed by atoms with Gasteiger partial charge >= 0.3 is 0 Å². The molecule has 1 aliphatic heterocycles. The number of para-hydroxylation sites is 1. The summed E-state index contributed by atoms with van der Waals surface area (Å²) in [4.78, 5) is 0. The standard InChI is InChI=1S/C18H21NO4/c1-20-15-6-7-16(21-2)13(10-15)8-9-19-11-14-4-3-5-17-18(14)23-12-22-17/h3-7,10,19H,8-9,11-12H2,1-2H3. The Morgan fingerprint density at radius 1 is 1.04 bits per heavy atom. The molecule has 1 heterocycles. The largest absolute Gasteiger partial charge is 0.497 e. The molecule has 0 fully saturated rings. The van der Waals surface area contributed by atoms with Gasteiger partial charge < -0.3 is 24.3 Å². The van der Waals surface area contributed by atoms with E-state index >= 15 is 0 Å². The van der Waals surface area contributed by atoms with Crippen molar-refractivity contribution in [2.24, 2.45) is 0 Å². The summed E-state index contributed by atoms with van der Waals surface area (Å²) >= 11 is 0. The van der Waals surface area contributed by atoms with E-state index in [-0.39, 0.29) is 0 Å². The number of benzene rings is 2. The molecule has 5 heteroatoms. The van der Waals surface area contributed by atoms with E-state index in [9.17, 15) is 0 Å². The molecule has 0 amide bonds. The molecule has 2 aromatic carbocycles. The summed E-state index contributed by atoms with van der Waals surface area (Å²) in [6, 6.07) is 11.8. The van der Waals surface area contributed by atoms with Crippen molar-refractivity contribution in [1.82, 2.24) is 5.32 Å². The molecule has 0 saturated carbocycles. The summed E-state index contributed by atoms with van der Waals surface area (Å²) in [6.45, 7) is 1.86. The van der Waals surface area contributed by atoms with E-state index in [1.807, 2.05) is 36.4 Å². The number of methoxy groups -OCH3 is 2. The molecule has 2 aromatic rings. The van der Waals surface area contributed by atoms with E-state index in [0.717, 1.165) is 53.6 Å². The first-order valence-corrected chi connectivity index (χ1v) is 7.61. The molecule has 1 aliphatic rings. The molecule has 1 N–H and O–H groups in total. The molecule has 0 aliphatic carbocycles. The zero-order valence-corrected chi connectivity index (χ0v) is 13.4. The average molecular weight is 315 g/mol. The van der Waals surface area contributed by atoms with Crippen molar-refractivity contribution in [3.63, 3.8) is 0 Å². The van der Waals surface area contributed by atoms with Gasteiger partial charge in [-0.3, -0.25) is 0 Å². The summed E-state index contributed by atoms with van der Waals surface area (Å²) in [7, 11) is 3.35. The topological polar surface area (TPSA) is 49.0 Å². The van der Waals surface area contributed by atoms with Gasteiger partial charge in [0, 0.05) is 12.1 Å². The van der Waals surface area contributed by atoms with E-state index in [4.69, 9.17) is 18.9 Å². The van der Waals surface area contributed by atoms with Gasteiger partial charge in [0.2, 0.25) is 6.79 Å². The third kappa shape index (κ3) is 3.51. The van der Waals surface area contributed by atoms with Gasteiger partial charge in [0.05, 0.1) is 14.2 Å². The fourth-order valence-electron chi connectivity index (χ4n) is 2.65. The summed E-state index contributed by atoms with van der Waals surface area (Å²) in [5, 5.41) is 3.44. The minimum absolute atomic E-state index is 0.299. The van der Waals surface area contributed by atoms with Crippen LogP contribution < -0.4 is 24.3 Å². The van der Waals surface area contributed by atoms with Gasteiger partial charge in [0.25, 0.3) is 0 Å². The molecule has 122 valence electrons. The first-order valence-electron chi connectivity index (χ1n) is 7.61. The Balaban J connectivity index is 1.57. The lowest BCUT2D eigenvalue weighted by Gasteiger charge is -2.11. The van der Waals surface area contributed by atoms with Gasteiger partial charge in [-0.15, -0.1) is 0 Å². The van der Waals surface area contributed by atoms with E-state index in [0.29, 0.717) is 6.79 Å². The van der Waals surface area contributed by atoms with Crippen LogP contribution in [0.15, 0.2) is 36.4 Å². The molecule has 5 nitrogen and oxygen atoms in total. The molecular formula is C18H21NO4. The molecule has 0 atom stereocenters. The molecular weight excluding hydrogens is 294 g/mol. The average Bonchev–Trinajstić information content (AvgIpc) is 3.08. The van der Waals surface area contributed by atoms with Gasteiger partial charge in [-0.2, -0.15) is 0 Å². The third-order valence-electron chi connectivity index (χ3n) is 3.85. The molecule has 0 unspecified atom stereocenters. The highest BCUT2D eigenvalue weighted by molar-refractivity contribution is 5.48. The Bertz CT molecular complexity index is 672. The highest BCUT2D eigenvalue weighted by atomic mass is 16.7. The van der Waals surface area contributed by atoms with E-state index in [2.05, 4.69) is 5.32 Å². The van der Waals surface area contributed by atoms with Crippen molar-refractivity contribution < 1.29 is 18.9 Å². The van der Waals surface area contributed by atoms with E-state index in [1.165, 1.54) is 0 Å². The number of nitrogens with one attached hydrogen (secondary N) is 1. The van der Waals surface area contributed by atoms with Crippen molar-refractivity contribution in [1.29, 1.82) is 0 Å². The van der Waals surface area contributed by atoms with Gasteiger partial charge in [0.1, 0.15) is 11.5 Å². The van der Waals surface area contributed by atoms with Crippen LogP contribution in [0.25, 0.3) is 0 Å². The van der Waals surface area contributed by atoms with Crippen LogP contribution in [0.5, 0.6) is 23.0 Å². The molecule has 0 spiro atoms. The Kier molecular flexibility index (Phi) is 4.88. The summed E-state index contributed by atoms with van der Waals surface area (Å²) < 4.78 is 21.6. The maximum atomic E-state index is 5.51. The van der Waals surface area contributed by atoms with Crippen LogP contribution in [0.3, 0.4) is 0 Å². The Hall–Kier alpha value is -2.40. The number of hydrogen-bond donors (Lipinski definition) is 1. The number of hydrogen-bond acceptors (Lipinski definition) is 5. The monoisotopic (exact) mass is 315 g/mol. The van der Waals surface area contributed by atoms with Crippen molar-refractivity contribution in [2.75, 3.05) is 27.6 Å². The van der Waals surface area contributed by atoms with Gasteiger partial charge in [-0.05, 0) is 42.8 Å². The van der Waals surface area contributed by atoms with E-state index < -0.39 is 0 Å². The molecule has 0 saturated heterocycles. The molecule has 3 rings (SSSR count). The predicted octanol–water partition coefficient (Wildman–Crippen LogP) is 2.76. The SMILES string of the molecule is COc1ccc(OC)c(CCNCc2cccc3c2OCO3)c1. The highest BCUT2D eigenvalue weighted by Gasteiger charge is 2.16. The third-order valence-corrected chi connectivity index (χ3v) is 3.85. The van der Waals surface area contributed by atoms with Gasteiger partial charge in [0.15, 0.2) is 11.5 Å². The maximum Gasteiger partial charge on any atom is 0.231 e. The first kappa shape index (κ1) is 15.5. The number of fused-ring (bicyclic) bond motifs is 1. The van der Waals surface area contributed by atoms with E-state index in [1.54, 1.807) is 14.2 Å². The van der Waals surface area contributed by atoms with Crippen LogP contribution in [0.4, 0.5) is 0 Å². The summed E-state index contributed by atoms with van der Waals surface area (Å²) in [5.41, 5.74) is 2.23. The second-order valence-corrected chi connectivity index (χ2v) is 5.26. The second-order valence-electron chi connectivity index (χ2n) is 5.26. The van der Waals surface area contributed by atoms with Gasteiger partial charge in [-0.25, -0.2) is 0 Å². The smallest absolute Gasteiger partial charge is 0.231 e. The number of ether oxygens (including phenoxy) is 4. The normalized spacial score (nSPS) is 12.3. The minimum atomic E-state index is 0.299. The Morgan fingerprint density at radius 2 is 1.96 bits per heavy atom. The van der Waals surface area contributed by atoms with Crippen LogP contribution >= 0.6 is 0 Å². The quantitative estimate of drug-likeness (QED) is 0.796. The van der Waals surface area contributed by atoms with Gasteiger partial charge in [-0.1, -0.05) is 12.1 Å². The number of rotatable bonds is 7. The zero-order valence-electron chi connectivity index (χ0n) is 13.4. The zero-order chi connectivity index (χ0) is 16.1. The lowest BCUT2D eigenvalue weighted by molar-refractivity contribution is 0.173. The Morgan fingerprint density at radius 3 is 2.78 bits per heavy atom. The van der Waals surface area contributed by atoms with Crippen LogP contribution in [-0.2, 0) is 13.0 Å². The highest BCUT2D eigenvalue weighted by Crippen LogP contribution is 2.35. The second kappa shape index (κ2) is 7.24. The van der Waals surface area contributed by atoms with Crippen LogP contribution in [0.1, 0.15) is 11.1 Å². The van der Waals surface area contributed by atoms with Crippen molar-refractivity contribution >= 4 is 0 Å². The first-order chi connectivity index (χ1) is 11.3. The maximum absolute atomic E-state index is 5.51. The van der Waals surface area contributed by atoms with Crippen molar-refractivity contribution in [3.8, 4) is 23.0 Å². The van der Waals surface area contributed by atoms with Crippen molar-refractivity contribution in [3.05, 3.63) is 47.5 Å². The molecule has 0 aromatic heterocycles. The fraction of sp³-hybridized carbons (Fsp3) is 0.333. The van der Waals surface area contributed by atoms with Crippen molar-refractivity contribution in [2.45, 2.75) is 13.0 Å². The summed E-state index contributed by atoms with van der Waals surface area (Å²) in [5.74, 6) is 3.38. The summed E-state index contributed by atoms with van der Waals surface area (Å²) in [6.07, 6.45) is 0.854. The Labute approximate surface area is 136 Å². The van der Waals surface area contributed by atoms with Crippen LogP contribution in [0, 0.1) is 0 Å². The lowest BCUT2D eigenvalue weighted by Crippen LogP contribution is -2.17. The lowest BCUT2D eigenvalue weighted by atomic mass is 10.1. The fourth-order valence-corrected chi connectivity index (χ4v) is 2.65. The molecule has 0 bridgehead atoms. The predicted molar refractivity (Wildman–Crippen MR) is 87.5 cm³/mol.